The van der Waals surface area contributed by atoms with Gasteiger partial charge in [0.15, 0.2) is 0 Å². The monoisotopic (exact) mass is 275 g/mol. The molecule has 0 fully saturated rings. The number of hydrogen-bond acceptors (Lipinski definition) is 2. The van der Waals surface area contributed by atoms with Crippen molar-refractivity contribution in [2.45, 2.75) is 32.5 Å². The average molecular weight is 275 g/mol. The molecular weight excluding hydrogens is 255 g/mol. The standard InChI is InChI=1S/C14H20F3NO/c1-10-4-5-12(8-11(10)2)13(18-3)9-19-7-6-14(15,16)17/h4-5,8,13,18H,6-7,9H2,1-3H3. The second-order valence-electron chi connectivity index (χ2n) is 4.63. The summed E-state index contributed by atoms with van der Waals surface area (Å²) in [5, 5.41) is 3.06. The first-order valence-corrected chi connectivity index (χ1v) is 6.22. The fourth-order valence-corrected chi connectivity index (χ4v) is 1.72. The zero-order chi connectivity index (χ0) is 14.5. The van der Waals surface area contributed by atoms with Gasteiger partial charge in [0.2, 0.25) is 0 Å². The van der Waals surface area contributed by atoms with Crippen molar-refractivity contribution >= 4 is 0 Å². The molecule has 0 aliphatic carbocycles. The summed E-state index contributed by atoms with van der Waals surface area (Å²) in [5.41, 5.74) is 3.38. The SMILES string of the molecule is CNC(COCCC(F)(F)F)c1ccc(C)c(C)c1. The van der Waals surface area contributed by atoms with Crippen molar-refractivity contribution in [3.8, 4) is 0 Å². The van der Waals surface area contributed by atoms with Gasteiger partial charge in [-0.05, 0) is 37.6 Å². The molecular formula is C14H20F3NO. The van der Waals surface area contributed by atoms with Gasteiger partial charge < -0.3 is 10.1 Å². The molecule has 0 saturated heterocycles. The molecule has 19 heavy (non-hydrogen) atoms. The molecule has 0 aliphatic heterocycles. The third-order valence-corrected chi connectivity index (χ3v) is 3.10. The van der Waals surface area contributed by atoms with Gasteiger partial charge >= 0.3 is 6.18 Å². The topological polar surface area (TPSA) is 21.3 Å². The van der Waals surface area contributed by atoms with E-state index in [2.05, 4.69) is 5.32 Å². The Labute approximate surface area is 112 Å². The van der Waals surface area contributed by atoms with E-state index >= 15 is 0 Å². The van der Waals surface area contributed by atoms with Crippen LogP contribution >= 0.6 is 0 Å². The molecule has 1 rings (SSSR count). The van der Waals surface area contributed by atoms with Crippen LogP contribution in [0.15, 0.2) is 18.2 Å². The highest BCUT2D eigenvalue weighted by molar-refractivity contribution is 5.31. The summed E-state index contributed by atoms with van der Waals surface area (Å²) in [5.74, 6) is 0. The predicted molar refractivity (Wildman–Crippen MR) is 69.2 cm³/mol. The van der Waals surface area contributed by atoms with Crippen molar-refractivity contribution < 1.29 is 17.9 Å². The largest absolute Gasteiger partial charge is 0.391 e. The summed E-state index contributed by atoms with van der Waals surface area (Å²) in [4.78, 5) is 0. The zero-order valence-electron chi connectivity index (χ0n) is 11.5. The minimum Gasteiger partial charge on any atom is -0.379 e. The first kappa shape index (κ1) is 16.0. The second kappa shape index (κ2) is 6.91. The van der Waals surface area contributed by atoms with Crippen LogP contribution in [-0.2, 0) is 4.74 Å². The van der Waals surface area contributed by atoms with E-state index in [1.54, 1.807) is 7.05 Å². The smallest absolute Gasteiger partial charge is 0.379 e. The Balaban J connectivity index is 2.51. The van der Waals surface area contributed by atoms with Gasteiger partial charge in [-0.3, -0.25) is 0 Å². The highest BCUT2D eigenvalue weighted by Crippen LogP contribution is 2.20. The zero-order valence-corrected chi connectivity index (χ0v) is 11.5. The summed E-state index contributed by atoms with van der Waals surface area (Å²) in [6, 6.07) is 5.91. The van der Waals surface area contributed by atoms with Crippen molar-refractivity contribution in [2.75, 3.05) is 20.3 Å². The van der Waals surface area contributed by atoms with Crippen LogP contribution in [-0.4, -0.2) is 26.4 Å². The van der Waals surface area contributed by atoms with Crippen LogP contribution in [0.4, 0.5) is 13.2 Å². The van der Waals surface area contributed by atoms with Gasteiger partial charge in [0.25, 0.3) is 0 Å². The maximum atomic E-state index is 12.0. The molecule has 0 radical (unpaired) electrons. The molecule has 2 nitrogen and oxygen atoms in total. The van der Waals surface area contributed by atoms with Gasteiger partial charge in [-0.25, -0.2) is 0 Å². The Morgan fingerprint density at radius 1 is 1.21 bits per heavy atom. The minimum absolute atomic E-state index is 0.0902. The van der Waals surface area contributed by atoms with Gasteiger partial charge in [0.1, 0.15) is 0 Å². The Hall–Kier alpha value is -1.07. The van der Waals surface area contributed by atoms with E-state index in [9.17, 15) is 13.2 Å². The minimum atomic E-state index is -4.16. The first-order valence-electron chi connectivity index (χ1n) is 6.22. The van der Waals surface area contributed by atoms with Gasteiger partial charge in [0.05, 0.1) is 25.7 Å². The average Bonchev–Trinajstić information content (AvgIpc) is 2.32. The fraction of sp³-hybridized carbons (Fsp3) is 0.571. The van der Waals surface area contributed by atoms with Crippen LogP contribution in [0.25, 0.3) is 0 Å². The van der Waals surface area contributed by atoms with E-state index in [1.807, 2.05) is 32.0 Å². The van der Waals surface area contributed by atoms with Crippen LogP contribution in [0.5, 0.6) is 0 Å². The lowest BCUT2D eigenvalue weighted by Gasteiger charge is -2.18. The third-order valence-electron chi connectivity index (χ3n) is 3.10. The number of alkyl halides is 3. The van der Waals surface area contributed by atoms with Crippen LogP contribution < -0.4 is 5.32 Å². The van der Waals surface area contributed by atoms with E-state index in [0.717, 1.165) is 11.1 Å². The maximum absolute atomic E-state index is 12.0. The molecule has 0 bridgehead atoms. The van der Waals surface area contributed by atoms with E-state index in [1.165, 1.54) is 5.56 Å². The number of hydrogen-bond donors (Lipinski definition) is 1. The molecule has 1 aromatic carbocycles. The molecule has 1 N–H and O–H groups in total. The number of benzene rings is 1. The van der Waals surface area contributed by atoms with E-state index < -0.39 is 12.6 Å². The molecule has 0 amide bonds. The molecule has 1 unspecified atom stereocenters. The molecule has 1 aromatic rings. The van der Waals surface area contributed by atoms with Gasteiger partial charge in [-0.1, -0.05) is 18.2 Å². The van der Waals surface area contributed by atoms with Crippen molar-refractivity contribution in [1.29, 1.82) is 0 Å². The van der Waals surface area contributed by atoms with E-state index in [0.29, 0.717) is 0 Å². The van der Waals surface area contributed by atoms with Crippen molar-refractivity contribution in [2.24, 2.45) is 0 Å². The third kappa shape index (κ3) is 5.61. The number of nitrogens with one attached hydrogen (secondary N) is 1. The summed E-state index contributed by atoms with van der Waals surface area (Å²) in [6.07, 6.45) is -5.06. The lowest BCUT2D eigenvalue weighted by atomic mass is 10.0. The molecule has 0 aliphatic rings. The molecule has 5 heteroatoms. The summed E-state index contributed by atoms with van der Waals surface area (Å²) >= 11 is 0. The second-order valence-corrected chi connectivity index (χ2v) is 4.63. The maximum Gasteiger partial charge on any atom is 0.391 e. The van der Waals surface area contributed by atoms with E-state index in [4.69, 9.17) is 4.74 Å². The van der Waals surface area contributed by atoms with Crippen LogP contribution in [0.3, 0.4) is 0 Å². The number of rotatable bonds is 6. The summed E-state index contributed by atoms with van der Waals surface area (Å²) in [7, 11) is 1.77. The van der Waals surface area contributed by atoms with Crippen LogP contribution in [0, 0.1) is 13.8 Å². The van der Waals surface area contributed by atoms with Gasteiger partial charge in [-0.15, -0.1) is 0 Å². The van der Waals surface area contributed by atoms with Crippen molar-refractivity contribution in [1.82, 2.24) is 5.32 Å². The lowest BCUT2D eigenvalue weighted by Crippen LogP contribution is -2.23. The highest BCUT2D eigenvalue weighted by atomic mass is 19.4. The quantitative estimate of drug-likeness (QED) is 0.802. The van der Waals surface area contributed by atoms with Crippen molar-refractivity contribution in [3.05, 3.63) is 34.9 Å². The molecule has 108 valence electrons. The lowest BCUT2D eigenvalue weighted by molar-refractivity contribution is -0.145. The number of ether oxygens (including phenoxy) is 1. The number of likely N-dealkylation sites (N-methyl/N-ethyl adjacent to an activating group) is 1. The first-order chi connectivity index (χ1) is 8.83. The normalized spacial score (nSPS) is 13.6. The van der Waals surface area contributed by atoms with Crippen LogP contribution in [0.2, 0.25) is 0 Å². The Morgan fingerprint density at radius 3 is 2.42 bits per heavy atom. The molecule has 1 atom stereocenters. The summed E-state index contributed by atoms with van der Waals surface area (Å²) in [6.45, 7) is 3.96. The fourth-order valence-electron chi connectivity index (χ4n) is 1.72. The highest BCUT2D eigenvalue weighted by Gasteiger charge is 2.26. The summed E-state index contributed by atoms with van der Waals surface area (Å²) < 4.78 is 41.1. The van der Waals surface area contributed by atoms with Crippen molar-refractivity contribution in [3.63, 3.8) is 0 Å². The molecule has 0 saturated carbocycles. The number of halogens is 3. The Morgan fingerprint density at radius 2 is 1.89 bits per heavy atom. The Kier molecular flexibility index (Phi) is 5.82. The molecule has 0 aromatic heterocycles. The Bertz CT molecular complexity index is 404. The van der Waals surface area contributed by atoms with Crippen LogP contribution in [0.1, 0.15) is 29.2 Å². The molecule has 0 spiro atoms. The number of aryl methyl sites for hydroxylation is 2. The predicted octanol–water partition coefficient (Wildman–Crippen LogP) is 3.53. The molecule has 0 heterocycles. The van der Waals surface area contributed by atoms with Gasteiger partial charge in [-0.2, -0.15) is 13.2 Å². The van der Waals surface area contributed by atoms with Gasteiger partial charge in [0, 0.05) is 0 Å². The van der Waals surface area contributed by atoms with E-state index in [-0.39, 0.29) is 19.3 Å².